The number of nitrogens with one attached hydrogen (secondary N) is 2. The number of carbonyl (C=O) groups excluding carboxylic acids is 2. The highest BCUT2D eigenvalue weighted by Gasteiger charge is 2.12. The average molecular weight is 328 g/mol. The summed E-state index contributed by atoms with van der Waals surface area (Å²) in [5.74, 6) is -0.545. The van der Waals surface area contributed by atoms with Gasteiger partial charge in [0.1, 0.15) is 11.6 Å². The zero-order valence-corrected chi connectivity index (χ0v) is 12.6. The Kier molecular flexibility index (Phi) is 5.38. The van der Waals surface area contributed by atoms with Gasteiger partial charge >= 0.3 is 6.03 Å². The van der Waals surface area contributed by atoms with Crippen molar-refractivity contribution in [2.24, 2.45) is 5.73 Å². The van der Waals surface area contributed by atoms with E-state index in [2.05, 4.69) is 10.6 Å². The van der Waals surface area contributed by atoms with Gasteiger partial charge in [-0.2, -0.15) is 0 Å². The van der Waals surface area contributed by atoms with Gasteiger partial charge in [-0.1, -0.05) is 29.8 Å². The molecule has 2 aromatic rings. The number of halogens is 1. The first-order valence-electron chi connectivity index (χ1n) is 6.16. The van der Waals surface area contributed by atoms with E-state index in [0.717, 1.165) is 10.1 Å². The minimum absolute atomic E-state index is 0.161. The number of amides is 3. The predicted octanol–water partition coefficient (Wildman–Crippen LogP) is 2.18. The number of ether oxygens (including phenoxy) is 1. The normalized spacial score (nSPS) is 10.5. The van der Waals surface area contributed by atoms with E-state index in [4.69, 9.17) is 22.1 Å². The standard InChI is InChI=1S/C13H14ClN3O3S/c14-11-8-3-1-2-4-9(8)21-12(11)17-13(19)16-5-6-20-7-10(15)18/h1-4H,5-7H2,(H2,15,18)(H2,16,17,19). The van der Waals surface area contributed by atoms with Crippen LogP contribution in [0.5, 0.6) is 0 Å². The summed E-state index contributed by atoms with van der Waals surface area (Å²) in [6.07, 6.45) is 0. The third kappa shape index (κ3) is 4.32. The Morgan fingerprint density at radius 2 is 2.10 bits per heavy atom. The Morgan fingerprint density at radius 3 is 2.81 bits per heavy atom. The molecule has 0 aliphatic carbocycles. The highest BCUT2D eigenvalue weighted by atomic mass is 35.5. The van der Waals surface area contributed by atoms with Crippen molar-refractivity contribution < 1.29 is 14.3 Å². The molecule has 0 radical (unpaired) electrons. The number of nitrogens with two attached hydrogens (primary N) is 1. The van der Waals surface area contributed by atoms with Crippen LogP contribution in [0, 0.1) is 0 Å². The fraction of sp³-hybridized carbons (Fsp3) is 0.231. The summed E-state index contributed by atoms with van der Waals surface area (Å²) >= 11 is 7.62. The van der Waals surface area contributed by atoms with Crippen molar-refractivity contribution in [1.29, 1.82) is 0 Å². The molecule has 0 bridgehead atoms. The number of hydrogen-bond acceptors (Lipinski definition) is 4. The highest BCUT2D eigenvalue weighted by Crippen LogP contribution is 2.39. The van der Waals surface area contributed by atoms with Gasteiger partial charge in [0.25, 0.3) is 0 Å². The van der Waals surface area contributed by atoms with Crippen LogP contribution in [0.15, 0.2) is 24.3 Å². The number of urea groups is 1. The van der Waals surface area contributed by atoms with Crippen LogP contribution in [-0.4, -0.2) is 31.7 Å². The zero-order chi connectivity index (χ0) is 15.2. The van der Waals surface area contributed by atoms with E-state index in [1.54, 1.807) is 0 Å². The molecule has 1 aromatic heterocycles. The van der Waals surface area contributed by atoms with Crippen molar-refractivity contribution >= 4 is 50.0 Å². The Morgan fingerprint density at radius 1 is 1.33 bits per heavy atom. The molecule has 0 fully saturated rings. The molecular formula is C13H14ClN3O3S. The molecule has 0 unspecified atom stereocenters. The summed E-state index contributed by atoms with van der Waals surface area (Å²) in [6, 6.07) is 7.25. The molecular weight excluding hydrogens is 314 g/mol. The molecule has 0 aliphatic heterocycles. The Balaban J connectivity index is 1.84. The second-order valence-electron chi connectivity index (χ2n) is 4.14. The van der Waals surface area contributed by atoms with Crippen LogP contribution in [-0.2, 0) is 9.53 Å². The van der Waals surface area contributed by atoms with Crippen molar-refractivity contribution in [3.8, 4) is 0 Å². The minimum Gasteiger partial charge on any atom is -0.370 e. The maximum absolute atomic E-state index is 11.7. The monoisotopic (exact) mass is 327 g/mol. The fourth-order valence-electron chi connectivity index (χ4n) is 1.65. The Labute approximate surface area is 130 Å². The number of rotatable bonds is 6. The number of thiophene rings is 1. The number of benzene rings is 1. The molecule has 1 aromatic carbocycles. The molecule has 0 saturated carbocycles. The summed E-state index contributed by atoms with van der Waals surface area (Å²) in [4.78, 5) is 22.2. The van der Waals surface area contributed by atoms with Crippen LogP contribution >= 0.6 is 22.9 Å². The van der Waals surface area contributed by atoms with Crippen molar-refractivity contribution in [2.75, 3.05) is 25.1 Å². The van der Waals surface area contributed by atoms with Crippen LogP contribution < -0.4 is 16.4 Å². The van der Waals surface area contributed by atoms with Gasteiger partial charge in [0.05, 0.1) is 11.6 Å². The first kappa shape index (κ1) is 15.6. The molecule has 0 aliphatic rings. The predicted molar refractivity (Wildman–Crippen MR) is 83.9 cm³/mol. The van der Waals surface area contributed by atoms with Gasteiger partial charge in [-0.3, -0.25) is 10.1 Å². The first-order chi connectivity index (χ1) is 10.1. The van der Waals surface area contributed by atoms with Crippen molar-refractivity contribution in [3.05, 3.63) is 29.3 Å². The summed E-state index contributed by atoms with van der Waals surface area (Å²) in [5, 5.41) is 7.31. The van der Waals surface area contributed by atoms with Gasteiger partial charge in [-0.15, -0.1) is 11.3 Å². The lowest BCUT2D eigenvalue weighted by molar-refractivity contribution is -0.122. The molecule has 8 heteroatoms. The number of fused-ring (bicyclic) bond motifs is 1. The Bertz CT molecular complexity index is 659. The zero-order valence-electron chi connectivity index (χ0n) is 11.0. The largest absolute Gasteiger partial charge is 0.370 e. The Hall–Kier alpha value is -1.83. The van der Waals surface area contributed by atoms with Gasteiger partial charge in [-0.05, 0) is 6.07 Å². The van der Waals surface area contributed by atoms with E-state index < -0.39 is 5.91 Å². The van der Waals surface area contributed by atoms with Crippen LogP contribution in [0.4, 0.5) is 9.80 Å². The number of carbonyl (C=O) groups is 2. The molecule has 6 nitrogen and oxygen atoms in total. The molecule has 1 heterocycles. The quantitative estimate of drug-likeness (QED) is 0.710. The summed E-state index contributed by atoms with van der Waals surface area (Å²) in [6.45, 7) is 0.309. The van der Waals surface area contributed by atoms with Crippen molar-refractivity contribution in [2.45, 2.75) is 0 Å². The third-order valence-corrected chi connectivity index (χ3v) is 4.13. The number of primary amides is 1. The maximum Gasteiger partial charge on any atom is 0.319 e. The van der Waals surface area contributed by atoms with Crippen molar-refractivity contribution in [3.63, 3.8) is 0 Å². The van der Waals surface area contributed by atoms with Crippen LogP contribution in [0.25, 0.3) is 10.1 Å². The lowest BCUT2D eigenvalue weighted by atomic mass is 10.3. The van der Waals surface area contributed by atoms with Gasteiger partial charge in [-0.25, -0.2) is 4.79 Å². The van der Waals surface area contributed by atoms with Gasteiger partial charge in [0.2, 0.25) is 5.91 Å². The van der Waals surface area contributed by atoms with Gasteiger partial charge in [0, 0.05) is 16.6 Å². The minimum atomic E-state index is -0.545. The summed E-state index contributed by atoms with van der Waals surface area (Å²) in [7, 11) is 0. The number of hydrogen-bond donors (Lipinski definition) is 3. The molecule has 4 N–H and O–H groups in total. The van der Waals surface area contributed by atoms with Gasteiger partial charge in [0.15, 0.2) is 0 Å². The van der Waals surface area contributed by atoms with E-state index in [1.807, 2.05) is 24.3 Å². The molecule has 0 spiro atoms. The second-order valence-corrected chi connectivity index (χ2v) is 5.57. The lowest BCUT2D eigenvalue weighted by Crippen LogP contribution is -2.32. The van der Waals surface area contributed by atoms with Crippen LogP contribution in [0.1, 0.15) is 0 Å². The lowest BCUT2D eigenvalue weighted by Gasteiger charge is -2.06. The van der Waals surface area contributed by atoms with E-state index in [-0.39, 0.29) is 25.8 Å². The van der Waals surface area contributed by atoms with E-state index in [0.29, 0.717) is 10.0 Å². The molecule has 0 atom stereocenters. The third-order valence-electron chi connectivity index (χ3n) is 2.54. The maximum atomic E-state index is 11.7. The molecule has 21 heavy (non-hydrogen) atoms. The SMILES string of the molecule is NC(=O)COCCNC(=O)Nc1sc2ccccc2c1Cl. The van der Waals surface area contributed by atoms with Crippen LogP contribution in [0.2, 0.25) is 5.02 Å². The average Bonchev–Trinajstić information content (AvgIpc) is 2.75. The van der Waals surface area contributed by atoms with Crippen molar-refractivity contribution in [1.82, 2.24) is 5.32 Å². The van der Waals surface area contributed by atoms with E-state index in [1.165, 1.54) is 11.3 Å². The number of anilines is 1. The van der Waals surface area contributed by atoms with Crippen LogP contribution in [0.3, 0.4) is 0 Å². The molecule has 0 saturated heterocycles. The summed E-state index contributed by atoms with van der Waals surface area (Å²) < 4.78 is 5.93. The molecule has 112 valence electrons. The topological polar surface area (TPSA) is 93.5 Å². The molecule has 3 amide bonds. The summed E-state index contributed by atoms with van der Waals surface area (Å²) in [5.41, 5.74) is 4.91. The smallest absolute Gasteiger partial charge is 0.319 e. The first-order valence-corrected chi connectivity index (χ1v) is 7.35. The molecule has 2 rings (SSSR count). The second kappa shape index (κ2) is 7.26. The van der Waals surface area contributed by atoms with E-state index >= 15 is 0 Å². The van der Waals surface area contributed by atoms with Gasteiger partial charge < -0.3 is 15.8 Å². The fourth-order valence-corrected chi connectivity index (χ4v) is 3.02. The van der Waals surface area contributed by atoms with E-state index in [9.17, 15) is 9.59 Å². The highest BCUT2D eigenvalue weighted by molar-refractivity contribution is 7.23.